The molecule has 1 heterocycles. The minimum Gasteiger partial charge on any atom is -0.381 e. The third-order valence-corrected chi connectivity index (χ3v) is 6.02. The second kappa shape index (κ2) is 9.24. The molecule has 3 rings (SSSR count). The van der Waals surface area contributed by atoms with Crippen molar-refractivity contribution < 1.29 is 9.53 Å². The molecule has 1 amide bonds. The highest BCUT2D eigenvalue weighted by molar-refractivity contribution is 7.98. The molecule has 0 saturated carbocycles. The van der Waals surface area contributed by atoms with E-state index in [4.69, 9.17) is 4.74 Å². The zero-order chi connectivity index (χ0) is 18.2. The molecule has 0 aromatic heterocycles. The summed E-state index contributed by atoms with van der Waals surface area (Å²) in [6.07, 6.45) is 1.50. The Hall–Kier alpha value is -1.78. The molecule has 1 aliphatic rings. The van der Waals surface area contributed by atoms with Gasteiger partial charge in [-0.2, -0.15) is 11.8 Å². The van der Waals surface area contributed by atoms with Gasteiger partial charge in [-0.3, -0.25) is 4.79 Å². The molecular weight excluding hydrogens is 342 g/mol. The van der Waals surface area contributed by atoms with Gasteiger partial charge in [-0.15, -0.1) is 0 Å². The standard InChI is InChI=1S/C22H27NO2S/c1-18-6-5-7-19(16-18)17-26-15-12-23-21(24)22(10-13-25-14-11-22)20-8-3-2-4-9-20/h2-9,16H,10-15,17H2,1H3,(H,23,24). The van der Waals surface area contributed by atoms with Gasteiger partial charge in [-0.25, -0.2) is 0 Å². The molecule has 1 aliphatic heterocycles. The van der Waals surface area contributed by atoms with E-state index in [9.17, 15) is 4.79 Å². The van der Waals surface area contributed by atoms with Crippen molar-refractivity contribution >= 4 is 17.7 Å². The van der Waals surface area contributed by atoms with Crippen LogP contribution in [0, 0.1) is 6.92 Å². The van der Waals surface area contributed by atoms with Gasteiger partial charge in [0.15, 0.2) is 0 Å². The van der Waals surface area contributed by atoms with Gasteiger partial charge < -0.3 is 10.1 Å². The molecule has 0 radical (unpaired) electrons. The number of thioether (sulfide) groups is 1. The third-order valence-electron chi connectivity index (χ3n) is 4.99. The maximum absolute atomic E-state index is 13.0. The number of ether oxygens (including phenoxy) is 1. The summed E-state index contributed by atoms with van der Waals surface area (Å²) >= 11 is 1.86. The summed E-state index contributed by atoms with van der Waals surface area (Å²) in [5.74, 6) is 2.04. The van der Waals surface area contributed by atoms with Crippen LogP contribution in [0.2, 0.25) is 0 Å². The lowest BCUT2D eigenvalue weighted by Crippen LogP contribution is -2.48. The van der Waals surface area contributed by atoms with E-state index in [2.05, 4.69) is 48.6 Å². The van der Waals surface area contributed by atoms with Gasteiger partial charge in [0.2, 0.25) is 5.91 Å². The second-order valence-corrected chi connectivity index (χ2v) is 7.96. The first-order valence-electron chi connectivity index (χ1n) is 9.26. The fraction of sp³-hybridized carbons (Fsp3) is 0.409. The third kappa shape index (κ3) is 4.68. The molecule has 0 aliphatic carbocycles. The van der Waals surface area contributed by atoms with Crippen molar-refractivity contribution in [3.05, 3.63) is 71.3 Å². The Morgan fingerprint density at radius 1 is 1.12 bits per heavy atom. The van der Waals surface area contributed by atoms with Crippen LogP contribution in [0.3, 0.4) is 0 Å². The van der Waals surface area contributed by atoms with Gasteiger partial charge in [-0.1, -0.05) is 60.2 Å². The molecule has 26 heavy (non-hydrogen) atoms. The van der Waals surface area contributed by atoms with Gasteiger partial charge in [0, 0.05) is 31.3 Å². The summed E-state index contributed by atoms with van der Waals surface area (Å²) < 4.78 is 5.51. The molecule has 0 atom stereocenters. The van der Waals surface area contributed by atoms with Crippen LogP contribution in [0.5, 0.6) is 0 Å². The number of hydrogen-bond donors (Lipinski definition) is 1. The second-order valence-electron chi connectivity index (χ2n) is 6.86. The van der Waals surface area contributed by atoms with Crippen molar-refractivity contribution in [2.75, 3.05) is 25.5 Å². The molecular formula is C22H27NO2S. The van der Waals surface area contributed by atoms with Crippen molar-refractivity contribution in [2.45, 2.75) is 30.9 Å². The van der Waals surface area contributed by atoms with E-state index >= 15 is 0 Å². The van der Waals surface area contributed by atoms with Crippen LogP contribution in [0.1, 0.15) is 29.5 Å². The highest BCUT2D eigenvalue weighted by Crippen LogP contribution is 2.35. The highest BCUT2D eigenvalue weighted by Gasteiger charge is 2.41. The van der Waals surface area contributed by atoms with Crippen LogP contribution < -0.4 is 5.32 Å². The maximum Gasteiger partial charge on any atom is 0.230 e. The first-order chi connectivity index (χ1) is 12.7. The van der Waals surface area contributed by atoms with Crippen LogP contribution in [-0.4, -0.2) is 31.4 Å². The minimum atomic E-state index is -0.444. The summed E-state index contributed by atoms with van der Waals surface area (Å²) in [4.78, 5) is 13.0. The lowest BCUT2D eigenvalue weighted by molar-refractivity contribution is -0.130. The van der Waals surface area contributed by atoms with Gasteiger partial charge in [0.1, 0.15) is 0 Å². The number of carbonyl (C=O) groups is 1. The van der Waals surface area contributed by atoms with E-state index in [0.717, 1.165) is 29.9 Å². The summed E-state index contributed by atoms with van der Waals surface area (Å²) in [5.41, 5.74) is 3.29. The van der Waals surface area contributed by atoms with Crippen molar-refractivity contribution in [3.63, 3.8) is 0 Å². The smallest absolute Gasteiger partial charge is 0.230 e. The predicted octanol–water partition coefficient (Wildman–Crippen LogP) is 4.09. The van der Waals surface area contributed by atoms with E-state index in [1.54, 1.807) is 0 Å². The van der Waals surface area contributed by atoms with E-state index in [-0.39, 0.29) is 5.91 Å². The first-order valence-corrected chi connectivity index (χ1v) is 10.4. The Morgan fingerprint density at radius 3 is 2.62 bits per heavy atom. The zero-order valence-corrected chi connectivity index (χ0v) is 16.2. The van der Waals surface area contributed by atoms with Gasteiger partial charge in [0.05, 0.1) is 5.41 Å². The molecule has 3 nitrogen and oxygen atoms in total. The maximum atomic E-state index is 13.0. The summed E-state index contributed by atoms with van der Waals surface area (Å²) in [7, 11) is 0. The lowest BCUT2D eigenvalue weighted by atomic mass is 9.73. The van der Waals surface area contributed by atoms with Gasteiger partial charge >= 0.3 is 0 Å². The minimum absolute atomic E-state index is 0.142. The van der Waals surface area contributed by atoms with Crippen molar-refractivity contribution in [1.29, 1.82) is 0 Å². The molecule has 0 bridgehead atoms. The monoisotopic (exact) mass is 369 g/mol. The van der Waals surface area contributed by atoms with Crippen LogP contribution in [-0.2, 0) is 20.7 Å². The summed E-state index contributed by atoms with van der Waals surface area (Å²) in [5, 5.41) is 3.17. The fourth-order valence-electron chi connectivity index (χ4n) is 3.52. The summed E-state index contributed by atoms with van der Waals surface area (Å²) in [6, 6.07) is 18.7. The van der Waals surface area contributed by atoms with E-state index in [1.807, 2.05) is 30.0 Å². The SMILES string of the molecule is Cc1cccc(CSCCNC(=O)C2(c3ccccc3)CCOCC2)c1. The Bertz CT molecular complexity index is 711. The fourth-order valence-corrected chi connectivity index (χ4v) is 4.33. The average molecular weight is 370 g/mol. The number of benzene rings is 2. The molecule has 2 aromatic rings. The number of aryl methyl sites for hydroxylation is 1. The van der Waals surface area contributed by atoms with Crippen molar-refractivity contribution in [2.24, 2.45) is 0 Å². The van der Waals surface area contributed by atoms with Crippen LogP contribution in [0.25, 0.3) is 0 Å². The Morgan fingerprint density at radius 2 is 1.88 bits per heavy atom. The molecule has 0 spiro atoms. The Labute approximate surface area is 160 Å². The molecule has 0 unspecified atom stereocenters. The topological polar surface area (TPSA) is 38.3 Å². The Kier molecular flexibility index (Phi) is 6.75. The molecule has 4 heteroatoms. The van der Waals surface area contributed by atoms with Gasteiger partial charge in [-0.05, 0) is 30.9 Å². The predicted molar refractivity (Wildman–Crippen MR) is 109 cm³/mol. The normalized spacial score (nSPS) is 16.2. The lowest BCUT2D eigenvalue weighted by Gasteiger charge is -2.36. The number of hydrogen-bond acceptors (Lipinski definition) is 3. The Balaban J connectivity index is 1.52. The van der Waals surface area contributed by atoms with Crippen LogP contribution in [0.4, 0.5) is 0 Å². The number of amides is 1. The largest absolute Gasteiger partial charge is 0.381 e. The van der Waals surface area contributed by atoms with Crippen LogP contribution >= 0.6 is 11.8 Å². The molecule has 138 valence electrons. The van der Waals surface area contributed by atoms with E-state index < -0.39 is 5.41 Å². The summed E-state index contributed by atoms with van der Waals surface area (Å²) in [6.45, 7) is 4.10. The van der Waals surface area contributed by atoms with Gasteiger partial charge in [0.25, 0.3) is 0 Å². The average Bonchev–Trinajstić information content (AvgIpc) is 2.69. The highest BCUT2D eigenvalue weighted by atomic mass is 32.2. The number of nitrogens with one attached hydrogen (secondary N) is 1. The first kappa shape index (κ1) is 19.0. The van der Waals surface area contributed by atoms with Crippen molar-refractivity contribution in [3.8, 4) is 0 Å². The molecule has 2 aromatic carbocycles. The van der Waals surface area contributed by atoms with Crippen LogP contribution in [0.15, 0.2) is 54.6 Å². The molecule has 1 saturated heterocycles. The number of carbonyl (C=O) groups excluding carboxylic acids is 1. The number of rotatable bonds is 7. The molecule has 1 fully saturated rings. The van der Waals surface area contributed by atoms with Crippen molar-refractivity contribution in [1.82, 2.24) is 5.32 Å². The molecule has 1 N–H and O–H groups in total. The quantitative estimate of drug-likeness (QED) is 0.747. The zero-order valence-electron chi connectivity index (χ0n) is 15.4. The van der Waals surface area contributed by atoms with E-state index in [0.29, 0.717) is 19.8 Å². The van der Waals surface area contributed by atoms with E-state index in [1.165, 1.54) is 11.1 Å².